The third-order valence-corrected chi connectivity index (χ3v) is 9.94. The van der Waals surface area contributed by atoms with Gasteiger partial charge in [0.2, 0.25) is 0 Å². The Labute approximate surface area is 259 Å². The topological polar surface area (TPSA) is 4.93 Å². The molecule has 1 nitrogen and oxygen atoms in total. The normalized spacial score (nSPS) is 11.6. The molecule has 0 saturated carbocycles. The fourth-order valence-corrected chi connectivity index (χ4v) is 7.80. The smallest absolute Gasteiger partial charge is 0.0548 e. The third kappa shape index (κ3) is 4.00. The summed E-state index contributed by atoms with van der Waals surface area (Å²) in [5.74, 6) is 0. The van der Waals surface area contributed by atoms with Gasteiger partial charge in [-0.2, -0.15) is 0 Å². The van der Waals surface area contributed by atoms with Crippen molar-refractivity contribution >= 4 is 53.3 Å². The van der Waals surface area contributed by atoms with Crippen LogP contribution in [0.3, 0.4) is 0 Å². The average Bonchev–Trinajstić information content (AvgIpc) is 3.64. The van der Waals surface area contributed by atoms with Gasteiger partial charge in [0.25, 0.3) is 0 Å². The van der Waals surface area contributed by atoms with Gasteiger partial charge in [-0.3, -0.25) is 0 Å². The molecule has 0 unspecified atom stereocenters. The van der Waals surface area contributed by atoms with E-state index in [0.29, 0.717) is 0 Å². The van der Waals surface area contributed by atoms with Gasteiger partial charge in [0, 0.05) is 36.6 Å². The van der Waals surface area contributed by atoms with Crippen molar-refractivity contribution in [1.82, 2.24) is 4.57 Å². The molecule has 44 heavy (non-hydrogen) atoms. The maximum Gasteiger partial charge on any atom is 0.0548 e. The molecule has 2 heterocycles. The standard InChI is InChI=1S/C42H27NS/c1-4-10-28(11-5-1)31-16-20-34(21-17-31)43-37-22-18-32(29-12-6-2-7-13-29)26-35(37)41-38(43)23-25-40-42(41)36-27-33(19-24-39(36)44-40)30-14-8-3-9-15-30/h1-27H. The van der Waals surface area contributed by atoms with Crippen molar-refractivity contribution in [2.45, 2.75) is 0 Å². The summed E-state index contributed by atoms with van der Waals surface area (Å²) < 4.78 is 5.08. The second-order valence-corrected chi connectivity index (χ2v) is 12.4. The van der Waals surface area contributed by atoms with Crippen molar-refractivity contribution in [3.05, 3.63) is 164 Å². The minimum absolute atomic E-state index is 1.17. The Balaban J connectivity index is 1.35. The fraction of sp³-hybridized carbons (Fsp3) is 0. The molecule has 0 atom stereocenters. The minimum Gasteiger partial charge on any atom is -0.309 e. The number of hydrogen-bond acceptors (Lipinski definition) is 1. The lowest BCUT2D eigenvalue weighted by Gasteiger charge is -2.10. The van der Waals surface area contributed by atoms with Gasteiger partial charge >= 0.3 is 0 Å². The quantitative estimate of drug-likeness (QED) is 0.196. The van der Waals surface area contributed by atoms with E-state index >= 15 is 0 Å². The minimum atomic E-state index is 1.17. The highest BCUT2D eigenvalue weighted by Gasteiger charge is 2.19. The molecule has 0 amide bonds. The van der Waals surface area contributed by atoms with Gasteiger partial charge in [-0.15, -0.1) is 11.3 Å². The molecule has 206 valence electrons. The largest absolute Gasteiger partial charge is 0.309 e. The predicted octanol–water partition coefficient (Wildman–Crippen LogP) is 12.2. The lowest BCUT2D eigenvalue weighted by molar-refractivity contribution is 1.18. The van der Waals surface area contributed by atoms with E-state index in [2.05, 4.69) is 168 Å². The van der Waals surface area contributed by atoms with Crippen LogP contribution in [0.5, 0.6) is 0 Å². The number of hydrogen-bond donors (Lipinski definition) is 0. The van der Waals surface area contributed by atoms with Gasteiger partial charge in [-0.1, -0.05) is 115 Å². The van der Waals surface area contributed by atoms with Crippen LogP contribution < -0.4 is 0 Å². The van der Waals surface area contributed by atoms with Gasteiger partial charge < -0.3 is 4.57 Å². The van der Waals surface area contributed by atoms with Crippen LogP contribution in [0.1, 0.15) is 0 Å². The van der Waals surface area contributed by atoms with Crippen molar-refractivity contribution in [2.24, 2.45) is 0 Å². The molecule has 7 aromatic carbocycles. The molecule has 2 heteroatoms. The summed E-state index contributed by atoms with van der Waals surface area (Å²) in [5.41, 5.74) is 11.0. The van der Waals surface area contributed by atoms with Crippen molar-refractivity contribution in [1.29, 1.82) is 0 Å². The zero-order valence-electron chi connectivity index (χ0n) is 23.9. The molecular weight excluding hydrogens is 551 g/mol. The van der Waals surface area contributed by atoms with Gasteiger partial charge in [-0.05, 0) is 81.9 Å². The summed E-state index contributed by atoms with van der Waals surface area (Å²) in [6, 6.07) is 59.6. The summed E-state index contributed by atoms with van der Waals surface area (Å²) in [7, 11) is 0. The van der Waals surface area contributed by atoms with E-state index in [0.717, 1.165) is 0 Å². The number of benzene rings is 7. The molecule has 9 rings (SSSR count). The van der Waals surface area contributed by atoms with Crippen LogP contribution in [0, 0.1) is 0 Å². The third-order valence-electron chi connectivity index (χ3n) is 8.81. The number of fused-ring (bicyclic) bond motifs is 7. The van der Waals surface area contributed by atoms with E-state index in [1.807, 2.05) is 11.3 Å². The molecule has 9 aromatic rings. The number of nitrogens with zero attached hydrogens (tertiary/aromatic N) is 1. The highest BCUT2D eigenvalue weighted by atomic mass is 32.1. The van der Waals surface area contributed by atoms with E-state index in [-0.39, 0.29) is 0 Å². The van der Waals surface area contributed by atoms with Gasteiger partial charge in [-0.25, -0.2) is 0 Å². The SMILES string of the molecule is c1ccc(-c2ccc(-n3c4ccc(-c5ccccc5)cc4c4c5c(ccc43)sc3ccc(-c4ccccc4)cc35)cc2)cc1. The highest BCUT2D eigenvalue weighted by Crippen LogP contribution is 2.45. The molecule has 0 bridgehead atoms. The Bertz CT molecular complexity index is 2450. The van der Waals surface area contributed by atoms with Crippen LogP contribution in [-0.2, 0) is 0 Å². The Hall–Kier alpha value is -5.44. The van der Waals surface area contributed by atoms with Crippen molar-refractivity contribution in [3.8, 4) is 39.1 Å². The van der Waals surface area contributed by atoms with Crippen molar-refractivity contribution < 1.29 is 0 Å². The molecule has 0 spiro atoms. The summed E-state index contributed by atoms with van der Waals surface area (Å²) >= 11 is 1.88. The van der Waals surface area contributed by atoms with Gasteiger partial charge in [0.05, 0.1) is 11.0 Å². The lowest BCUT2D eigenvalue weighted by atomic mass is 9.99. The van der Waals surface area contributed by atoms with E-state index in [4.69, 9.17) is 0 Å². The molecule has 0 aliphatic rings. The van der Waals surface area contributed by atoms with Crippen LogP contribution in [0.4, 0.5) is 0 Å². The Kier molecular flexibility index (Phi) is 5.75. The first-order valence-corrected chi connectivity index (χ1v) is 15.8. The zero-order chi connectivity index (χ0) is 29.0. The first-order chi connectivity index (χ1) is 21.8. The summed E-state index contributed by atoms with van der Waals surface area (Å²) in [6.07, 6.45) is 0. The number of thiophene rings is 1. The Morgan fingerprint density at radius 1 is 0.341 bits per heavy atom. The van der Waals surface area contributed by atoms with Crippen molar-refractivity contribution in [3.63, 3.8) is 0 Å². The first-order valence-electron chi connectivity index (χ1n) is 15.0. The summed E-state index contributed by atoms with van der Waals surface area (Å²) in [6.45, 7) is 0. The second-order valence-electron chi connectivity index (χ2n) is 11.4. The van der Waals surface area contributed by atoms with Crippen LogP contribution in [0.15, 0.2) is 164 Å². The molecule has 0 aliphatic carbocycles. The highest BCUT2D eigenvalue weighted by molar-refractivity contribution is 7.26. The summed E-state index contributed by atoms with van der Waals surface area (Å²) in [4.78, 5) is 0. The predicted molar refractivity (Wildman–Crippen MR) is 190 cm³/mol. The molecule has 0 fully saturated rings. The maximum atomic E-state index is 2.44. The molecule has 0 N–H and O–H groups in total. The first kappa shape index (κ1) is 25.1. The van der Waals surface area contributed by atoms with Crippen molar-refractivity contribution in [2.75, 3.05) is 0 Å². The molecule has 0 aliphatic heterocycles. The molecule has 2 aromatic heterocycles. The Morgan fingerprint density at radius 2 is 0.818 bits per heavy atom. The maximum absolute atomic E-state index is 2.44. The van der Waals surface area contributed by atoms with Crippen LogP contribution in [0.2, 0.25) is 0 Å². The van der Waals surface area contributed by atoms with E-state index in [9.17, 15) is 0 Å². The van der Waals surface area contributed by atoms with Crippen LogP contribution in [-0.4, -0.2) is 4.57 Å². The number of aromatic nitrogens is 1. The average molecular weight is 578 g/mol. The monoisotopic (exact) mass is 577 g/mol. The molecule has 0 radical (unpaired) electrons. The zero-order valence-corrected chi connectivity index (χ0v) is 24.8. The molecule has 0 saturated heterocycles. The van der Waals surface area contributed by atoms with E-state index < -0.39 is 0 Å². The molecular formula is C42H27NS. The Morgan fingerprint density at radius 3 is 1.45 bits per heavy atom. The van der Waals surface area contributed by atoms with Crippen LogP contribution in [0.25, 0.3) is 81.0 Å². The summed E-state index contributed by atoms with van der Waals surface area (Å²) in [5, 5.41) is 5.26. The lowest BCUT2D eigenvalue weighted by Crippen LogP contribution is -1.93. The second kappa shape index (κ2) is 10.1. The van der Waals surface area contributed by atoms with Gasteiger partial charge in [0.1, 0.15) is 0 Å². The van der Waals surface area contributed by atoms with E-state index in [1.165, 1.54) is 81.0 Å². The fourth-order valence-electron chi connectivity index (χ4n) is 6.71. The number of rotatable bonds is 4. The van der Waals surface area contributed by atoms with Crippen LogP contribution >= 0.6 is 11.3 Å². The van der Waals surface area contributed by atoms with E-state index in [1.54, 1.807) is 0 Å². The van der Waals surface area contributed by atoms with Gasteiger partial charge in [0.15, 0.2) is 0 Å².